The minimum absolute atomic E-state index is 0.0351. The lowest BCUT2D eigenvalue weighted by Gasteiger charge is -2.07. The summed E-state index contributed by atoms with van der Waals surface area (Å²) in [5.41, 5.74) is 3.02. The van der Waals surface area contributed by atoms with Crippen molar-refractivity contribution < 1.29 is 23.1 Å². The van der Waals surface area contributed by atoms with Crippen molar-refractivity contribution in [2.24, 2.45) is 0 Å². The maximum absolute atomic E-state index is 12.6. The van der Waals surface area contributed by atoms with Crippen LogP contribution in [0.1, 0.15) is 23.1 Å². The zero-order chi connectivity index (χ0) is 18.9. The second-order valence-electron chi connectivity index (χ2n) is 5.98. The van der Waals surface area contributed by atoms with Gasteiger partial charge in [-0.3, -0.25) is 4.79 Å². The summed E-state index contributed by atoms with van der Waals surface area (Å²) in [6, 6.07) is 8.36. The minimum atomic E-state index is -4.37. The summed E-state index contributed by atoms with van der Waals surface area (Å²) < 4.78 is 37.8. The van der Waals surface area contributed by atoms with Gasteiger partial charge in [-0.1, -0.05) is 0 Å². The molecule has 0 aliphatic rings. The van der Waals surface area contributed by atoms with Crippen molar-refractivity contribution in [2.75, 3.05) is 5.32 Å². The molecule has 1 aromatic heterocycles. The molecule has 2 aromatic carbocycles. The number of aromatic amines is 1. The first kappa shape index (κ1) is 17.8. The Morgan fingerprint density at radius 3 is 2.54 bits per heavy atom. The predicted octanol–water partition coefficient (Wildman–Crippen LogP) is 4.65. The number of hydrogen-bond donors (Lipinski definition) is 3. The number of nitrogens with zero attached hydrogens (tertiary/aromatic N) is 1. The Balaban J connectivity index is 1.81. The number of carbonyl (C=O) groups is 1. The number of imidazole rings is 1. The van der Waals surface area contributed by atoms with Gasteiger partial charge in [0.05, 0.1) is 16.6 Å². The van der Waals surface area contributed by atoms with Crippen molar-refractivity contribution in [3.63, 3.8) is 0 Å². The number of hydrogen-bond acceptors (Lipinski definition) is 3. The fraction of sp³-hybridized carbons (Fsp3) is 0.222. The number of rotatable bonds is 5. The van der Waals surface area contributed by atoms with E-state index in [1.807, 2.05) is 19.1 Å². The van der Waals surface area contributed by atoms with E-state index in [-0.39, 0.29) is 6.42 Å². The van der Waals surface area contributed by atoms with Gasteiger partial charge in [0.1, 0.15) is 0 Å². The summed E-state index contributed by atoms with van der Waals surface area (Å²) in [6.45, 7) is 1.89. The second-order valence-corrected chi connectivity index (χ2v) is 5.98. The van der Waals surface area contributed by atoms with E-state index in [0.717, 1.165) is 28.8 Å². The molecule has 0 fully saturated rings. The molecule has 0 bridgehead atoms. The molecule has 0 aliphatic heterocycles. The van der Waals surface area contributed by atoms with E-state index < -0.39 is 17.7 Å². The average molecular weight is 363 g/mol. The highest BCUT2D eigenvalue weighted by Crippen LogP contribution is 2.30. The van der Waals surface area contributed by atoms with Crippen molar-refractivity contribution in [2.45, 2.75) is 25.9 Å². The molecule has 0 saturated carbocycles. The van der Waals surface area contributed by atoms with Crippen LogP contribution in [0.25, 0.3) is 11.0 Å². The lowest BCUT2D eigenvalue weighted by molar-refractivity contribution is -0.138. The topological polar surface area (TPSA) is 78.0 Å². The van der Waals surface area contributed by atoms with Gasteiger partial charge < -0.3 is 15.4 Å². The monoisotopic (exact) mass is 363 g/mol. The van der Waals surface area contributed by atoms with Crippen LogP contribution in [0.15, 0.2) is 36.4 Å². The van der Waals surface area contributed by atoms with E-state index in [1.54, 1.807) is 0 Å². The molecule has 0 radical (unpaired) electrons. The number of H-pyrrole nitrogens is 1. The molecule has 8 heteroatoms. The van der Waals surface area contributed by atoms with Crippen molar-refractivity contribution >= 4 is 28.6 Å². The molecular formula is C18H16F3N3O2. The number of benzene rings is 2. The van der Waals surface area contributed by atoms with E-state index in [4.69, 9.17) is 5.11 Å². The van der Waals surface area contributed by atoms with Gasteiger partial charge >= 0.3 is 12.1 Å². The van der Waals surface area contributed by atoms with Gasteiger partial charge in [-0.15, -0.1) is 0 Å². The maximum atomic E-state index is 12.6. The second kappa shape index (κ2) is 6.70. The first-order chi connectivity index (χ1) is 12.2. The number of aryl methyl sites for hydroxylation is 2. The molecule has 3 rings (SSSR count). The fourth-order valence-corrected chi connectivity index (χ4v) is 2.66. The summed E-state index contributed by atoms with van der Waals surface area (Å²) in [7, 11) is 0. The van der Waals surface area contributed by atoms with Crippen LogP contribution in [0.4, 0.5) is 24.8 Å². The first-order valence-electron chi connectivity index (χ1n) is 7.88. The highest BCUT2D eigenvalue weighted by atomic mass is 19.4. The van der Waals surface area contributed by atoms with Gasteiger partial charge in [0.15, 0.2) is 0 Å². The third-order valence-electron chi connectivity index (χ3n) is 4.02. The molecule has 0 amide bonds. The van der Waals surface area contributed by atoms with Gasteiger partial charge in [-0.05, 0) is 60.9 Å². The number of fused-ring (bicyclic) bond motifs is 1. The van der Waals surface area contributed by atoms with Crippen LogP contribution in [0.5, 0.6) is 0 Å². The minimum Gasteiger partial charge on any atom is -0.481 e. The molecule has 136 valence electrons. The number of anilines is 2. The zero-order valence-corrected chi connectivity index (χ0v) is 13.8. The molecule has 0 atom stereocenters. The Bertz CT molecular complexity index is 947. The van der Waals surface area contributed by atoms with Crippen molar-refractivity contribution in [3.8, 4) is 0 Å². The third-order valence-corrected chi connectivity index (χ3v) is 4.02. The Kier molecular flexibility index (Phi) is 4.58. The van der Waals surface area contributed by atoms with Gasteiger partial charge in [0, 0.05) is 12.1 Å². The van der Waals surface area contributed by atoms with E-state index in [0.29, 0.717) is 23.6 Å². The molecule has 0 unspecified atom stereocenters. The number of carboxylic acid groups (broad SMARTS) is 1. The van der Waals surface area contributed by atoms with Crippen LogP contribution >= 0.6 is 0 Å². The van der Waals surface area contributed by atoms with Crippen LogP contribution in [0.2, 0.25) is 0 Å². The van der Waals surface area contributed by atoms with E-state index in [2.05, 4.69) is 15.3 Å². The molecule has 26 heavy (non-hydrogen) atoms. The molecule has 0 spiro atoms. The smallest absolute Gasteiger partial charge is 0.416 e. The lowest BCUT2D eigenvalue weighted by atomic mass is 10.0. The molecule has 1 heterocycles. The van der Waals surface area contributed by atoms with Crippen LogP contribution in [-0.4, -0.2) is 21.0 Å². The molecule has 0 saturated heterocycles. The van der Waals surface area contributed by atoms with Crippen LogP contribution < -0.4 is 5.32 Å². The standard InChI is InChI=1S/C18H16F3N3O2/c1-10-8-14-15(9-11(10)2-7-16(25)26)24-17(23-14)22-13-5-3-12(4-6-13)18(19,20)21/h3-6,8-9H,2,7H2,1H3,(H,25,26)(H2,22,23,24). The highest BCUT2D eigenvalue weighted by Gasteiger charge is 2.29. The Hall–Kier alpha value is -3.03. The molecular weight excluding hydrogens is 347 g/mol. The van der Waals surface area contributed by atoms with Crippen LogP contribution in [0.3, 0.4) is 0 Å². The number of nitrogens with one attached hydrogen (secondary N) is 2. The molecule has 3 N–H and O–H groups in total. The van der Waals surface area contributed by atoms with Gasteiger partial charge in [-0.2, -0.15) is 13.2 Å². The van der Waals surface area contributed by atoms with E-state index in [9.17, 15) is 18.0 Å². The van der Waals surface area contributed by atoms with Crippen molar-refractivity contribution in [1.82, 2.24) is 9.97 Å². The van der Waals surface area contributed by atoms with Crippen LogP contribution in [-0.2, 0) is 17.4 Å². The number of aliphatic carboxylic acids is 1. The Labute approximate surface area is 146 Å². The largest absolute Gasteiger partial charge is 0.481 e. The fourth-order valence-electron chi connectivity index (χ4n) is 2.66. The maximum Gasteiger partial charge on any atom is 0.416 e. The Morgan fingerprint density at radius 1 is 1.23 bits per heavy atom. The van der Waals surface area contributed by atoms with Gasteiger partial charge in [0.2, 0.25) is 5.95 Å². The lowest BCUT2D eigenvalue weighted by Crippen LogP contribution is -2.04. The average Bonchev–Trinajstić information content (AvgIpc) is 2.93. The summed E-state index contributed by atoms with van der Waals surface area (Å²) in [5.74, 6) is -0.467. The molecule has 5 nitrogen and oxygen atoms in total. The van der Waals surface area contributed by atoms with Crippen molar-refractivity contribution in [3.05, 3.63) is 53.1 Å². The Morgan fingerprint density at radius 2 is 1.92 bits per heavy atom. The summed E-state index contributed by atoms with van der Waals surface area (Å²) in [5, 5.41) is 11.7. The van der Waals surface area contributed by atoms with E-state index >= 15 is 0 Å². The third kappa shape index (κ3) is 3.96. The summed E-state index contributed by atoms with van der Waals surface area (Å²) >= 11 is 0. The summed E-state index contributed by atoms with van der Waals surface area (Å²) in [6.07, 6.45) is -3.93. The first-order valence-corrected chi connectivity index (χ1v) is 7.88. The number of aromatic nitrogens is 2. The van der Waals surface area contributed by atoms with Crippen LogP contribution in [0, 0.1) is 6.92 Å². The van der Waals surface area contributed by atoms with Gasteiger partial charge in [-0.25, -0.2) is 4.98 Å². The number of alkyl halides is 3. The highest BCUT2D eigenvalue weighted by molar-refractivity contribution is 5.80. The molecule has 3 aromatic rings. The normalized spacial score (nSPS) is 11.7. The van der Waals surface area contributed by atoms with Gasteiger partial charge in [0.25, 0.3) is 0 Å². The predicted molar refractivity (Wildman–Crippen MR) is 91.5 cm³/mol. The zero-order valence-electron chi connectivity index (χ0n) is 13.8. The SMILES string of the molecule is Cc1cc2[nH]c(Nc3ccc(C(F)(F)F)cc3)nc2cc1CCC(=O)O. The van der Waals surface area contributed by atoms with Crippen molar-refractivity contribution in [1.29, 1.82) is 0 Å². The summed E-state index contributed by atoms with van der Waals surface area (Å²) in [4.78, 5) is 18.2. The quantitative estimate of drug-likeness (QED) is 0.617. The van der Waals surface area contributed by atoms with E-state index in [1.165, 1.54) is 12.1 Å². The number of carboxylic acids is 1. The number of halogens is 3. The molecule has 0 aliphatic carbocycles.